The van der Waals surface area contributed by atoms with Crippen LogP contribution in [0.15, 0.2) is 206 Å². The minimum atomic E-state index is 0.646. The highest BCUT2D eigenvalue weighted by atomic mass is 15.0. The Bertz CT molecular complexity index is 3430. The molecule has 0 saturated heterocycles. The van der Waals surface area contributed by atoms with Gasteiger partial charge in [0.25, 0.3) is 0 Å². The molecule has 0 spiro atoms. The topological polar surface area (TPSA) is 54.5 Å². The van der Waals surface area contributed by atoms with Gasteiger partial charge in [-0.1, -0.05) is 146 Å². The quantitative estimate of drug-likeness (QED) is 0.170. The molecule has 0 fully saturated rings. The monoisotopic (exact) mass is 750 g/mol. The zero-order valence-corrected chi connectivity index (χ0v) is 31.9. The maximum atomic E-state index is 9.37. The van der Waals surface area contributed by atoms with Gasteiger partial charge in [0.15, 0.2) is 5.82 Å². The molecule has 0 radical (unpaired) electrons. The number of hydrogen-bond acceptors (Lipinski definition) is 3. The Kier molecular flexibility index (Phi) is 8.17. The molecule has 2 heterocycles. The first-order valence-electron chi connectivity index (χ1n) is 19.8. The standard InChI is InChI=1S/C55H34N4/c56-35-36-19-21-37(22-20-36)45-28-29-48(47-16-8-7-15-46(45)47)52-34-51(57-55(58-52)38-11-3-1-4-12-38)43-26-25-39-31-40(23-24-41(39)32-43)42-27-30-54-50(33-42)49-17-9-10-18-53(49)59(54)44-13-5-2-6-14-44/h1-34H. The van der Waals surface area contributed by atoms with Gasteiger partial charge >= 0.3 is 0 Å². The van der Waals surface area contributed by atoms with E-state index in [0.717, 1.165) is 61.1 Å². The predicted molar refractivity (Wildman–Crippen MR) is 243 cm³/mol. The van der Waals surface area contributed by atoms with Crippen LogP contribution in [0.1, 0.15) is 5.56 Å². The lowest BCUT2D eigenvalue weighted by Gasteiger charge is -2.14. The molecule has 0 aliphatic carbocycles. The highest BCUT2D eigenvalue weighted by Gasteiger charge is 2.17. The molecule has 9 aromatic carbocycles. The average Bonchev–Trinajstić information content (AvgIpc) is 3.65. The normalized spacial score (nSPS) is 11.4. The number of para-hydroxylation sites is 2. The van der Waals surface area contributed by atoms with Crippen LogP contribution in [0.3, 0.4) is 0 Å². The first-order chi connectivity index (χ1) is 29.2. The molecule has 0 aliphatic rings. The maximum absolute atomic E-state index is 9.37. The van der Waals surface area contributed by atoms with Crippen LogP contribution in [0.25, 0.3) is 105 Å². The minimum absolute atomic E-state index is 0.646. The molecule has 0 unspecified atom stereocenters. The molecule has 4 nitrogen and oxygen atoms in total. The smallest absolute Gasteiger partial charge is 0.160 e. The second kappa shape index (κ2) is 14.1. The summed E-state index contributed by atoms with van der Waals surface area (Å²) in [6.07, 6.45) is 0. The summed E-state index contributed by atoms with van der Waals surface area (Å²) < 4.78 is 2.35. The van der Waals surface area contributed by atoms with E-state index in [1.807, 2.05) is 42.5 Å². The van der Waals surface area contributed by atoms with Crippen LogP contribution < -0.4 is 0 Å². The molecule has 0 aliphatic heterocycles. The molecule has 11 aromatic rings. The highest BCUT2D eigenvalue weighted by Crippen LogP contribution is 2.39. The third-order valence-corrected chi connectivity index (χ3v) is 11.4. The zero-order chi connectivity index (χ0) is 39.3. The Hall–Kier alpha value is -8.13. The summed E-state index contributed by atoms with van der Waals surface area (Å²) in [7, 11) is 0. The van der Waals surface area contributed by atoms with Crippen molar-refractivity contribution >= 4 is 43.4 Å². The van der Waals surface area contributed by atoms with Crippen LogP contribution in [0.5, 0.6) is 0 Å². The van der Waals surface area contributed by atoms with E-state index in [4.69, 9.17) is 9.97 Å². The summed E-state index contributed by atoms with van der Waals surface area (Å²) in [5.41, 5.74) is 13.5. The first-order valence-corrected chi connectivity index (χ1v) is 19.8. The van der Waals surface area contributed by atoms with E-state index in [-0.39, 0.29) is 0 Å². The van der Waals surface area contributed by atoms with Crippen molar-refractivity contribution in [1.29, 1.82) is 5.26 Å². The second-order valence-electron chi connectivity index (χ2n) is 14.9. The number of nitriles is 1. The SMILES string of the molecule is N#Cc1ccc(-c2ccc(-c3cc(-c4ccc5cc(-c6ccc7c(c6)c6ccccc6n7-c6ccccc6)ccc5c4)nc(-c4ccccc4)n3)c3ccccc23)cc1. The van der Waals surface area contributed by atoms with E-state index < -0.39 is 0 Å². The van der Waals surface area contributed by atoms with Gasteiger partial charge in [0.2, 0.25) is 0 Å². The summed E-state index contributed by atoms with van der Waals surface area (Å²) in [6, 6.07) is 74.6. The molecule has 0 amide bonds. The molecule has 59 heavy (non-hydrogen) atoms. The van der Waals surface area contributed by atoms with Crippen LogP contribution in [0.4, 0.5) is 0 Å². The molecule has 4 heteroatoms. The van der Waals surface area contributed by atoms with Gasteiger partial charge in [-0.3, -0.25) is 0 Å². The van der Waals surface area contributed by atoms with Gasteiger partial charge in [0.05, 0.1) is 34.1 Å². The minimum Gasteiger partial charge on any atom is -0.309 e. The fourth-order valence-corrected chi connectivity index (χ4v) is 8.54. The van der Waals surface area contributed by atoms with E-state index in [1.165, 1.54) is 38.3 Å². The van der Waals surface area contributed by atoms with Crippen LogP contribution in [0.2, 0.25) is 0 Å². The first kappa shape index (κ1) is 34.1. The Morgan fingerprint density at radius 1 is 0.373 bits per heavy atom. The van der Waals surface area contributed by atoms with E-state index in [1.54, 1.807) is 0 Å². The number of benzene rings is 9. The lowest BCUT2D eigenvalue weighted by molar-refractivity contribution is 1.18. The molecule has 0 bridgehead atoms. The fraction of sp³-hybridized carbons (Fsp3) is 0. The van der Waals surface area contributed by atoms with Crippen molar-refractivity contribution in [2.45, 2.75) is 0 Å². The number of nitrogens with zero attached hydrogens (tertiary/aromatic N) is 4. The lowest BCUT2D eigenvalue weighted by Crippen LogP contribution is -1.97. The van der Waals surface area contributed by atoms with Gasteiger partial charge in [0, 0.05) is 33.2 Å². The van der Waals surface area contributed by atoms with Gasteiger partial charge in [-0.2, -0.15) is 5.26 Å². The zero-order valence-electron chi connectivity index (χ0n) is 31.9. The summed E-state index contributed by atoms with van der Waals surface area (Å²) >= 11 is 0. The molecule has 11 rings (SSSR count). The van der Waals surface area contributed by atoms with Crippen molar-refractivity contribution in [3.05, 3.63) is 212 Å². The van der Waals surface area contributed by atoms with E-state index in [0.29, 0.717) is 11.4 Å². The summed E-state index contributed by atoms with van der Waals surface area (Å²) in [4.78, 5) is 10.4. The Labute approximate surface area is 341 Å². The second-order valence-corrected chi connectivity index (χ2v) is 14.9. The highest BCUT2D eigenvalue weighted by molar-refractivity contribution is 6.11. The van der Waals surface area contributed by atoms with Crippen molar-refractivity contribution in [3.63, 3.8) is 0 Å². The average molecular weight is 751 g/mol. The van der Waals surface area contributed by atoms with Gasteiger partial charge in [-0.25, -0.2) is 9.97 Å². The fourth-order valence-electron chi connectivity index (χ4n) is 8.54. The molecule has 0 N–H and O–H groups in total. The van der Waals surface area contributed by atoms with Crippen LogP contribution >= 0.6 is 0 Å². The van der Waals surface area contributed by atoms with Crippen LogP contribution in [-0.4, -0.2) is 14.5 Å². The van der Waals surface area contributed by atoms with Crippen molar-refractivity contribution in [2.24, 2.45) is 0 Å². The van der Waals surface area contributed by atoms with Gasteiger partial charge in [-0.05, 0) is 104 Å². The molecule has 2 aromatic heterocycles. The third-order valence-electron chi connectivity index (χ3n) is 11.4. The van der Waals surface area contributed by atoms with Gasteiger partial charge < -0.3 is 4.57 Å². The molecule has 274 valence electrons. The number of rotatable bonds is 6. The van der Waals surface area contributed by atoms with Gasteiger partial charge in [0.1, 0.15) is 0 Å². The molecular weight excluding hydrogens is 717 g/mol. The summed E-state index contributed by atoms with van der Waals surface area (Å²) in [6.45, 7) is 0. The Morgan fingerprint density at radius 3 is 1.69 bits per heavy atom. The summed E-state index contributed by atoms with van der Waals surface area (Å²) in [5.74, 6) is 0.679. The van der Waals surface area contributed by atoms with Gasteiger partial charge in [-0.15, -0.1) is 0 Å². The van der Waals surface area contributed by atoms with Crippen LogP contribution in [0, 0.1) is 11.3 Å². The number of aromatic nitrogens is 3. The molecular formula is C55H34N4. The molecule has 0 atom stereocenters. The van der Waals surface area contributed by atoms with Crippen LogP contribution in [-0.2, 0) is 0 Å². The maximum Gasteiger partial charge on any atom is 0.160 e. The molecule has 0 saturated carbocycles. The third kappa shape index (κ3) is 6.01. The Morgan fingerprint density at radius 2 is 0.932 bits per heavy atom. The number of fused-ring (bicyclic) bond motifs is 5. The largest absolute Gasteiger partial charge is 0.309 e. The van der Waals surface area contributed by atoms with Crippen molar-refractivity contribution in [3.8, 4) is 67.9 Å². The van der Waals surface area contributed by atoms with E-state index in [9.17, 15) is 5.26 Å². The number of hydrogen-bond donors (Lipinski definition) is 0. The van der Waals surface area contributed by atoms with Crippen molar-refractivity contribution in [2.75, 3.05) is 0 Å². The van der Waals surface area contributed by atoms with Crippen molar-refractivity contribution < 1.29 is 0 Å². The van der Waals surface area contributed by atoms with E-state index >= 15 is 0 Å². The van der Waals surface area contributed by atoms with Crippen molar-refractivity contribution in [1.82, 2.24) is 14.5 Å². The van der Waals surface area contributed by atoms with E-state index in [2.05, 4.69) is 174 Å². The summed E-state index contributed by atoms with van der Waals surface area (Å²) in [5, 5.41) is 16.4. The predicted octanol–water partition coefficient (Wildman–Crippen LogP) is 14.1. The lowest BCUT2D eigenvalue weighted by atomic mass is 9.93. The Balaban J connectivity index is 1.00.